The molecule has 0 unspecified atom stereocenters. The Morgan fingerprint density at radius 2 is 2.04 bits per heavy atom. The average Bonchev–Trinajstić information content (AvgIpc) is 3.21. The third-order valence-electron chi connectivity index (χ3n) is 3.70. The maximum absolute atomic E-state index is 12.7. The second-order valence-electron chi connectivity index (χ2n) is 5.57. The molecule has 1 amide bonds. The van der Waals surface area contributed by atoms with Crippen molar-refractivity contribution >= 4 is 17.2 Å². The molecule has 0 saturated heterocycles. The summed E-state index contributed by atoms with van der Waals surface area (Å²) < 4.78 is 5.38. The van der Waals surface area contributed by atoms with E-state index < -0.39 is 0 Å². The summed E-state index contributed by atoms with van der Waals surface area (Å²) in [6.45, 7) is 4.30. The predicted molar refractivity (Wildman–Crippen MR) is 94.0 cm³/mol. The molecule has 124 valence electrons. The Balaban J connectivity index is 1.74. The molecule has 2 heterocycles. The van der Waals surface area contributed by atoms with Gasteiger partial charge in [0, 0.05) is 18.7 Å². The first-order valence-electron chi connectivity index (χ1n) is 7.81. The molecule has 0 spiro atoms. The Hall–Kier alpha value is -2.47. The Kier molecular flexibility index (Phi) is 4.76. The SMILES string of the molecule is CCc1nc(C)sc1C(=O)N(C)Cc1cc(-c2ccccc2)no1. The third kappa shape index (κ3) is 3.38. The van der Waals surface area contributed by atoms with Gasteiger partial charge in [-0.1, -0.05) is 42.4 Å². The molecular weight excluding hydrogens is 322 g/mol. The van der Waals surface area contributed by atoms with E-state index in [1.54, 1.807) is 11.9 Å². The molecule has 24 heavy (non-hydrogen) atoms. The van der Waals surface area contributed by atoms with Crippen molar-refractivity contribution in [2.45, 2.75) is 26.8 Å². The van der Waals surface area contributed by atoms with Gasteiger partial charge in [-0.3, -0.25) is 4.79 Å². The Bertz CT molecular complexity index is 839. The fourth-order valence-electron chi connectivity index (χ4n) is 2.49. The van der Waals surface area contributed by atoms with Gasteiger partial charge in [0.15, 0.2) is 5.76 Å². The fourth-order valence-corrected chi connectivity index (χ4v) is 3.49. The van der Waals surface area contributed by atoms with Gasteiger partial charge in [0.05, 0.1) is 17.2 Å². The van der Waals surface area contributed by atoms with Crippen LogP contribution in [0.4, 0.5) is 0 Å². The number of carbonyl (C=O) groups is 1. The van der Waals surface area contributed by atoms with Gasteiger partial charge >= 0.3 is 0 Å². The van der Waals surface area contributed by atoms with E-state index in [4.69, 9.17) is 4.52 Å². The smallest absolute Gasteiger partial charge is 0.266 e. The van der Waals surface area contributed by atoms with Crippen LogP contribution in [0, 0.1) is 6.92 Å². The van der Waals surface area contributed by atoms with Crippen LogP contribution in [-0.2, 0) is 13.0 Å². The first kappa shape index (κ1) is 16.4. The molecule has 0 radical (unpaired) electrons. The minimum Gasteiger partial charge on any atom is -0.359 e. The van der Waals surface area contributed by atoms with Crippen LogP contribution in [0.1, 0.15) is 33.1 Å². The number of aromatic nitrogens is 2. The first-order chi connectivity index (χ1) is 11.6. The molecule has 0 aliphatic rings. The number of amides is 1. The molecule has 0 aliphatic heterocycles. The van der Waals surface area contributed by atoms with E-state index in [1.165, 1.54) is 11.3 Å². The molecule has 0 saturated carbocycles. The van der Waals surface area contributed by atoms with E-state index in [0.29, 0.717) is 17.2 Å². The van der Waals surface area contributed by atoms with E-state index in [2.05, 4.69) is 10.1 Å². The highest BCUT2D eigenvalue weighted by Crippen LogP contribution is 2.22. The number of nitrogens with zero attached hydrogens (tertiary/aromatic N) is 3. The van der Waals surface area contributed by atoms with Crippen LogP contribution >= 0.6 is 11.3 Å². The molecule has 3 rings (SSSR count). The fraction of sp³-hybridized carbons (Fsp3) is 0.278. The lowest BCUT2D eigenvalue weighted by Crippen LogP contribution is -2.26. The van der Waals surface area contributed by atoms with Crippen LogP contribution < -0.4 is 0 Å². The highest BCUT2D eigenvalue weighted by Gasteiger charge is 2.20. The van der Waals surface area contributed by atoms with Gasteiger partial charge in [-0.15, -0.1) is 11.3 Å². The highest BCUT2D eigenvalue weighted by molar-refractivity contribution is 7.13. The van der Waals surface area contributed by atoms with Gasteiger partial charge < -0.3 is 9.42 Å². The Labute approximate surface area is 144 Å². The Morgan fingerprint density at radius 1 is 1.29 bits per heavy atom. The second-order valence-corrected chi connectivity index (χ2v) is 6.77. The topological polar surface area (TPSA) is 59.2 Å². The molecule has 0 atom stereocenters. The van der Waals surface area contributed by atoms with Gasteiger partial charge in [0.25, 0.3) is 5.91 Å². The highest BCUT2D eigenvalue weighted by atomic mass is 32.1. The monoisotopic (exact) mass is 341 g/mol. The van der Waals surface area contributed by atoms with Crippen molar-refractivity contribution in [1.82, 2.24) is 15.0 Å². The van der Waals surface area contributed by atoms with Gasteiger partial charge in [-0.25, -0.2) is 4.98 Å². The first-order valence-corrected chi connectivity index (χ1v) is 8.63. The van der Waals surface area contributed by atoms with Crippen LogP contribution in [0.25, 0.3) is 11.3 Å². The number of thiazole rings is 1. The van der Waals surface area contributed by atoms with E-state index in [1.807, 2.05) is 50.2 Å². The van der Waals surface area contributed by atoms with Crippen molar-refractivity contribution in [1.29, 1.82) is 0 Å². The number of benzene rings is 1. The largest absolute Gasteiger partial charge is 0.359 e. The molecular formula is C18H19N3O2S. The minimum absolute atomic E-state index is 0.0323. The molecule has 3 aromatic rings. The number of carbonyl (C=O) groups excluding carboxylic acids is 1. The normalized spacial score (nSPS) is 10.8. The van der Waals surface area contributed by atoms with Crippen molar-refractivity contribution in [3.8, 4) is 11.3 Å². The maximum Gasteiger partial charge on any atom is 0.266 e. The number of rotatable bonds is 5. The van der Waals surface area contributed by atoms with Crippen molar-refractivity contribution in [2.24, 2.45) is 0 Å². The van der Waals surface area contributed by atoms with Crippen LogP contribution in [0.3, 0.4) is 0 Å². The van der Waals surface area contributed by atoms with E-state index in [-0.39, 0.29) is 5.91 Å². The number of hydrogen-bond donors (Lipinski definition) is 0. The molecule has 5 nitrogen and oxygen atoms in total. The lowest BCUT2D eigenvalue weighted by molar-refractivity contribution is 0.0776. The lowest BCUT2D eigenvalue weighted by Gasteiger charge is -2.14. The van der Waals surface area contributed by atoms with Crippen molar-refractivity contribution < 1.29 is 9.32 Å². The number of aryl methyl sites for hydroxylation is 2. The van der Waals surface area contributed by atoms with Gasteiger partial charge in [-0.05, 0) is 13.3 Å². The predicted octanol–water partition coefficient (Wildman–Crippen LogP) is 3.94. The zero-order valence-electron chi connectivity index (χ0n) is 13.9. The Morgan fingerprint density at radius 3 is 2.75 bits per heavy atom. The zero-order valence-corrected chi connectivity index (χ0v) is 14.8. The molecule has 0 fully saturated rings. The van der Waals surface area contributed by atoms with Crippen LogP contribution in [-0.4, -0.2) is 28.0 Å². The van der Waals surface area contributed by atoms with E-state index in [0.717, 1.165) is 28.4 Å². The van der Waals surface area contributed by atoms with Crippen LogP contribution in [0.2, 0.25) is 0 Å². The number of hydrogen-bond acceptors (Lipinski definition) is 5. The third-order valence-corrected chi connectivity index (χ3v) is 4.70. The summed E-state index contributed by atoms with van der Waals surface area (Å²) in [6.07, 6.45) is 0.750. The van der Waals surface area contributed by atoms with E-state index >= 15 is 0 Å². The molecule has 2 aromatic heterocycles. The van der Waals surface area contributed by atoms with Gasteiger partial charge in [0.2, 0.25) is 0 Å². The molecule has 0 N–H and O–H groups in total. The standard InChI is InChI=1S/C18H19N3O2S/c1-4-15-17(24-12(2)19-15)18(22)21(3)11-14-10-16(20-23-14)13-8-6-5-7-9-13/h5-10H,4,11H2,1-3H3. The molecule has 6 heteroatoms. The minimum atomic E-state index is -0.0323. The molecule has 1 aromatic carbocycles. The molecule has 0 bridgehead atoms. The van der Waals surface area contributed by atoms with E-state index in [9.17, 15) is 4.79 Å². The summed E-state index contributed by atoms with van der Waals surface area (Å²) in [5.41, 5.74) is 2.62. The van der Waals surface area contributed by atoms with Crippen LogP contribution in [0.5, 0.6) is 0 Å². The summed E-state index contributed by atoms with van der Waals surface area (Å²) in [5.74, 6) is 0.624. The van der Waals surface area contributed by atoms with Crippen LogP contribution in [0.15, 0.2) is 40.9 Å². The second kappa shape index (κ2) is 6.97. The summed E-state index contributed by atoms with van der Waals surface area (Å²) in [6, 6.07) is 11.7. The van der Waals surface area contributed by atoms with Crippen molar-refractivity contribution in [3.63, 3.8) is 0 Å². The quantitative estimate of drug-likeness (QED) is 0.705. The average molecular weight is 341 g/mol. The van der Waals surface area contributed by atoms with Crippen molar-refractivity contribution in [2.75, 3.05) is 7.05 Å². The van der Waals surface area contributed by atoms with Crippen molar-refractivity contribution in [3.05, 3.63) is 57.7 Å². The summed E-state index contributed by atoms with van der Waals surface area (Å²) in [4.78, 5) is 19.4. The lowest BCUT2D eigenvalue weighted by atomic mass is 10.1. The van der Waals surface area contributed by atoms with Gasteiger partial charge in [-0.2, -0.15) is 0 Å². The summed E-state index contributed by atoms with van der Waals surface area (Å²) >= 11 is 1.44. The zero-order chi connectivity index (χ0) is 17.1. The van der Waals surface area contributed by atoms with Gasteiger partial charge in [0.1, 0.15) is 10.6 Å². The molecule has 0 aliphatic carbocycles. The maximum atomic E-state index is 12.7. The summed E-state index contributed by atoms with van der Waals surface area (Å²) in [7, 11) is 1.77. The summed E-state index contributed by atoms with van der Waals surface area (Å²) in [5, 5.41) is 5.00.